The number of rotatable bonds is 5. The SMILES string of the molecule is CCOC1CC(NC2C(C)(C)C2(C)C)C1OC. The number of ether oxygens (including phenoxy) is 2. The van der Waals surface area contributed by atoms with Crippen molar-refractivity contribution in [1.29, 1.82) is 0 Å². The highest BCUT2D eigenvalue weighted by Crippen LogP contribution is 2.63. The van der Waals surface area contributed by atoms with Crippen molar-refractivity contribution < 1.29 is 9.47 Å². The molecule has 2 aliphatic carbocycles. The van der Waals surface area contributed by atoms with Gasteiger partial charge in [0.15, 0.2) is 0 Å². The zero-order valence-electron chi connectivity index (χ0n) is 12.0. The lowest BCUT2D eigenvalue weighted by molar-refractivity contribution is -0.132. The molecule has 2 aliphatic rings. The second kappa shape index (κ2) is 4.22. The smallest absolute Gasteiger partial charge is 0.0986 e. The summed E-state index contributed by atoms with van der Waals surface area (Å²) >= 11 is 0. The van der Waals surface area contributed by atoms with Crippen LogP contribution >= 0.6 is 0 Å². The molecule has 3 heteroatoms. The van der Waals surface area contributed by atoms with E-state index in [0.29, 0.717) is 22.9 Å². The fraction of sp³-hybridized carbons (Fsp3) is 1.00. The van der Waals surface area contributed by atoms with E-state index in [-0.39, 0.29) is 12.2 Å². The van der Waals surface area contributed by atoms with Crippen molar-refractivity contribution in [1.82, 2.24) is 5.32 Å². The maximum absolute atomic E-state index is 5.65. The highest BCUT2D eigenvalue weighted by Gasteiger charge is 2.66. The quantitative estimate of drug-likeness (QED) is 0.800. The Morgan fingerprint density at radius 1 is 1.18 bits per heavy atom. The maximum Gasteiger partial charge on any atom is 0.0986 e. The first-order valence-corrected chi connectivity index (χ1v) is 6.76. The lowest BCUT2D eigenvalue weighted by Crippen LogP contribution is -2.60. The monoisotopic (exact) mass is 241 g/mol. The van der Waals surface area contributed by atoms with Crippen LogP contribution in [0.25, 0.3) is 0 Å². The molecular formula is C14H27NO2. The second-order valence-corrected chi connectivity index (χ2v) is 6.58. The minimum Gasteiger partial charge on any atom is -0.377 e. The summed E-state index contributed by atoms with van der Waals surface area (Å²) in [4.78, 5) is 0. The highest BCUT2D eigenvalue weighted by atomic mass is 16.5. The van der Waals surface area contributed by atoms with Crippen LogP contribution in [-0.4, -0.2) is 38.0 Å². The molecule has 0 aromatic carbocycles. The van der Waals surface area contributed by atoms with E-state index in [1.807, 2.05) is 6.92 Å². The summed E-state index contributed by atoms with van der Waals surface area (Å²) in [5.74, 6) is 0. The van der Waals surface area contributed by atoms with Gasteiger partial charge in [0.1, 0.15) is 0 Å². The van der Waals surface area contributed by atoms with Gasteiger partial charge in [-0.2, -0.15) is 0 Å². The van der Waals surface area contributed by atoms with Gasteiger partial charge in [0, 0.05) is 25.8 Å². The van der Waals surface area contributed by atoms with Gasteiger partial charge in [-0.1, -0.05) is 27.7 Å². The molecule has 0 bridgehead atoms. The maximum atomic E-state index is 5.65. The van der Waals surface area contributed by atoms with Crippen molar-refractivity contribution in [3.8, 4) is 0 Å². The molecular weight excluding hydrogens is 214 g/mol. The van der Waals surface area contributed by atoms with Crippen molar-refractivity contribution in [3.63, 3.8) is 0 Å². The summed E-state index contributed by atoms with van der Waals surface area (Å²) in [6.45, 7) is 12.2. The first-order chi connectivity index (χ1) is 7.86. The predicted octanol–water partition coefficient (Wildman–Crippen LogP) is 2.20. The summed E-state index contributed by atoms with van der Waals surface area (Å²) in [5.41, 5.74) is 0.782. The number of hydrogen-bond acceptors (Lipinski definition) is 3. The molecule has 2 saturated carbocycles. The van der Waals surface area contributed by atoms with E-state index in [1.165, 1.54) is 0 Å². The molecule has 2 fully saturated rings. The molecule has 3 nitrogen and oxygen atoms in total. The van der Waals surface area contributed by atoms with Gasteiger partial charge in [-0.05, 0) is 24.2 Å². The van der Waals surface area contributed by atoms with E-state index in [9.17, 15) is 0 Å². The van der Waals surface area contributed by atoms with Gasteiger partial charge in [-0.3, -0.25) is 0 Å². The molecule has 0 radical (unpaired) electrons. The third kappa shape index (κ3) is 1.92. The molecule has 0 spiro atoms. The Morgan fingerprint density at radius 2 is 1.76 bits per heavy atom. The van der Waals surface area contributed by atoms with Crippen LogP contribution in [0.15, 0.2) is 0 Å². The highest BCUT2D eigenvalue weighted by molar-refractivity contribution is 5.19. The lowest BCUT2D eigenvalue weighted by Gasteiger charge is -2.44. The van der Waals surface area contributed by atoms with Crippen LogP contribution in [0.4, 0.5) is 0 Å². The van der Waals surface area contributed by atoms with Gasteiger partial charge >= 0.3 is 0 Å². The molecule has 100 valence electrons. The Labute approximate surface area is 105 Å². The lowest BCUT2D eigenvalue weighted by atomic mass is 9.85. The van der Waals surface area contributed by atoms with E-state index in [0.717, 1.165) is 13.0 Å². The van der Waals surface area contributed by atoms with E-state index in [2.05, 4.69) is 33.0 Å². The first kappa shape index (κ1) is 13.3. The molecule has 0 amide bonds. The number of methoxy groups -OCH3 is 1. The van der Waals surface area contributed by atoms with E-state index in [4.69, 9.17) is 9.47 Å². The molecule has 0 aliphatic heterocycles. The van der Waals surface area contributed by atoms with Crippen LogP contribution in [-0.2, 0) is 9.47 Å². The first-order valence-electron chi connectivity index (χ1n) is 6.76. The van der Waals surface area contributed by atoms with Crippen molar-refractivity contribution in [2.24, 2.45) is 10.8 Å². The molecule has 0 saturated heterocycles. The predicted molar refractivity (Wildman–Crippen MR) is 69.1 cm³/mol. The normalized spacial score (nSPS) is 38.8. The molecule has 2 rings (SSSR count). The Kier molecular flexibility index (Phi) is 3.30. The average Bonchev–Trinajstić information content (AvgIpc) is 2.58. The Balaban J connectivity index is 1.86. The Bertz CT molecular complexity index is 274. The third-order valence-electron chi connectivity index (χ3n) is 5.30. The summed E-state index contributed by atoms with van der Waals surface area (Å²) in [5, 5.41) is 3.76. The van der Waals surface area contributed by atoms with Crippen LogP contribution < -0.4 is 5.32 Å². The average molecular weight is 241 g/mol. The molecule has 0 heterocycles. The summed E-state index contributed by atoms with van der Waals surface area (Å²) in [6.07, 6.45) is 1.59. The van der Waals surface area contributed by atoms with Gasteiger partial charge in [0.2, 0.25) is 0 Å². The van der Waals surface area contributed by atoms with Crippen molar-refractivity contribution >= 4 is 0 Å². The van der Waals surface area contributed by atoms with Crippen LogP contribution in [0, 0.1) is 10.8 Å². The molecule has 1 N–H and O–H groups in total. The van der Waals surface area contributed by atoms with Crippen molar-refractivity contribution in [2.75, 3.05) is 13.7 Å². The van der Waals surface area contributed by atoms with Gasteiger partial charge < -0.3 is 14.8 Å². The number of nitrogens with one attached hydrogen (secondary N) is 1. The van der Waals surface area contributed by atoms with Crippen molar-refractivity contribution in [2.45, 2.75) is 65.3 Å². The molecule has 17 heavy (non-hydrogen) atoms. The zero-order chi connectivity index (χ0) is 12.8. The fourth-order valence-electron chi connectivity index (χ4n) is 3.26. The van der Waals surface area contributed by atoms with E-state index < -0.39 is 0 Å². The van der Waals surface area contributed by atoms with E-state index >= 15 is 0 Å². The fourth-order valence-corrected chi connectivity index (χ4v) is 3.26. The van der Waals surface area contributed by atoms with Crippen LogP contribution in [0.5, 0.6) is 0 Å². The Hall–Kier alpha value is -0.120. The topological polar surface area (TPSA) is 30.5 Å². The number of hydrogen-bond donors (Lipinski definition) is 1. The summed E-state index contributed by atoms with van der Waals surface area (Å²) < 4.78 is 11.2. The summed E-state index contributed by atoms with van der Waals surface area (Å²) in [7, 11) is 1.79. The summed E-state index contributed by atoms with van der Waals surface area (Å²) in [6, 6.07) is 1.06. The standard InChI is InChI=1S/C14H27NO2/c1-7-17-10-8-9(11(10)16-6)15-12-13(2,3)14(12,4)5/h9-12,15H,7-8H2,1-6H3. The van der Waals surface area contributed by atoms with Crippen LogP contribution in [0.1, 0.15) is 41.0 Å². The second-order valence-electron chi connectivity index (χ2n) is 6.58. The van der Waals surface area contributed by atoms with Gasteiger partial charge in [0.25, 0.3) is 0 Å². The third-order valence-corrected chi connectivity index (χ3v) is 5.30. The van der Waals surface area contributed by atoms with Crippen LogP contribution in [0.2, 0.25) is 0 Å². The minimum absolute atomic E-state index is 0.224. The van der Waals surface area contributed by atoms with Gasteiger partial charge in [-0.25, -0.2) is 0 Å². The molecule has 3 unspecified atom stereocenters. The van der Waals surface area contributed by atoms with E-state index in [1.54, 1.807) is 7.11 Å². The largest absolute Gasteiger partial charge is 0.377 e. The molecule has 0 aromatic rings. The van der Waals surface area contributed by atoms with Gasteiger partial charge in [0.05, 0.1) is 12.2 Å². The molecule has 3 atom stereocenters. The van der Waals surface area contributed by atoms with Gasteiger partial charge in [-0.15, -0.1) is 0 Å². The Morgan fingerprint density at radius 3 is 2.18 bits per heavy atom. The zero-order valence-corrected chi connectivity index (χ0v) is 12.0. The van der Waals surface area contributed by atoms with Crippen LogP contribution in [0.3, 0.4) is 0 Å². The van der Waals surface area contributed by atoms with Crippen molar-refractivity contribution in [3.05, 3.63) is 0 Å². The molecule has 0 aromatic heterocycles. The minimum atomic E-state index is 0.224.